The highest BCUT2D eigenvalue weighted by Gasteiger charge is 2.28. The first kappa shape index (κ1) is 17.4. The second-order valence-corrected chi connectivity index (χ2v) is 6.73. The first-order chi connectivity index (χ1) is 9.73. The normalized spacial score (nSPS) is 14.1. The third-order valence-corrected chi connectivity index (χ3v) is 3.52. The van der Waals surface area contributed by atoms with Gasteiger partial charge in [-0.15, -0.1) is 11.3 Å². The van der Waals surface area contributed by atoms with E-state index in [1.807, 2.05) is 13.8 Å². The van der Waals surface area contributed by atoms with Crippen molar-refractivity contribution in [3.05, 3.63) is 11.6 Å². The van der Waals surface area contributed by atoms with E-state index in [9.17, 15) is 9.59 Å². The number of amides is 2. The van der Waals surface area contributed by atoms with Crippen LogP contribution in [0.3, 0.4) is 0 Å². The number of ether oxygens (including phenoxy) is 1. The Hall–Kier alpha value is -1.63. The molecule has 0 aromatic carbocycles. The first-order valence-corrected chi connectivity index (χ1v) is 7.80. The molecule has 0 fully saturated rings. The maximum Gasteiger partial charge on any atom is 0.408 e. The van der Waals surface area contributed by atoms with Gasteiger partial charge in [0, 0.05) is 11.6 Å². The summed E-state index contributed by atoms with van der Waals surface area (Å²) in [7, 11) is 0. The Bertz CT molecular complexity index is 468. The number of aromatic nitrogens is 1. The molecule has 0 aliphatic carbocycles. The summed E-state index contributed by atoms with van der Waals surface area (Å²) in [5.41, 5.74) is -0.601. The molecule has 21 heavy (non-hydrogen) atoms. The van der Waals surface area contributed by atoms with Crippen LogP contribution in [0.1, 0.15) is 41.0 Å². The van der Waals surface area contributed by atoms with E-state index in [0.717, 1.165) is 6.42 Å². The highest BCUT2D eigenvalue weighted by Crippen LogP contribution is 2.15. The number of anilines is 1. The van der Waals surface area contributed by atoms with E-state index in [1.165, 1.54) is 11.3 Å². The fraction of sp³-hybridized carbons (Fsp3) is 0.643. The van der Waals surface area contributed by atoms with Crippen LogP contribution in [-0.4, -0.2) is 28.6 Å². The zero-order chi connectivity index (χ0) is 16.0. The first-order valence-electron chi connectivity index (χ1n) is 6.92. The second-order valence-electron chi connectivity index (χ2n) is 5.84. The van der Waals surface area contributed by atoms with Crippen LogP contribution >= 0.6 is 11.3 Å². The number of alkyl carbamates (subject to hydrolysis) is 1. The lowest BCUT2D eigenvalue weighted by Crippen LogP contribution is -2.49. The third-order valence-electron chi connectivity index (χ3n) is 2.83. The molecule has 6 nitrogen and oxygen atoms in total. The highest BCUT2D eigenvalue weighted by atomic mass is 32.1. The van der Waals surface area contributed by atoms with Gasteiger partial charge in [0.1, 0.15) is 11.6 Å². The Balaban J connectivity index is 2.71. The quantitative estimate of drug-likeness (QED) is 0.875. The second kappa shape index (κ2) is 7.40. The molecule has 0 bridgehead atoms. The highest BCUT2D eigenvalue weighted by molar-refractivity contribution is 7.13. The molecule has 7 heteroatoms. The van der Waals surface area contributed by atoms with Crippen LogP contribution < -0.4 is 10.6 Å². The molecule has 1 aromatic rings. The molecule has 0 aliphatic rings. The summed E-state index contributed by atoms with van der Waals surface area (Å²) in [6, 6.07) is -0.659. The summed E-state index contributed by atoms with van der Waals surface area (Å²) in [5, 5.41) is 7.63. The minimum Gasteiger partial charge on any atom is -0.444 e. The average Bonchev–Trinajstić information content (AvgIpc) is 2.85. The van der Waals surface area contributed by atoms with Gasteiger partial charge in [-0.05, 0) is 26.7 Å². The number of hydrogen-bond acceptors (Lipinski definition) is 5. The van der Waals surface area contributed by atoms with Gasteiger partial charge in [-0.2, -0.15) is 0 Å². The number of hydrogen-bond donors (Lipinski definition) is 2. The van der Waals surface area contributed by atoms with Gasteiger partial charge in [0.25, 0.3) is 0 Å². The molecule has 2 atom stereocenters. The Morgan fingerprint density at radius 3 is 2.57 bits per heavy atom. The van der Waals surface area contributed by atoms with E-state index in [-0.39, 0.29) is 11.8 Å². The van der Waals surface area contributed by atoms with Gasteiger partial charge in [-0.3, -0.25) is 4.79 Å². The number of carbonyl (C=O) groups is 2. The van der Waals surface area contributed by atoms with Gasteiger partial charge in [-0.25, -0.2) is 9.78 Å². The maximum atomic E-state index is 12.3. The third kappa shape index (κ3) is 6.12. The van der Waals surface area contributed by atoms with E-state index in [4.69, 9.17) is 4.74 Å². The standard InChI is InChI=1S/C14H23N3O3S/c1-6-9(2)10(16-13(19)20-14(3,4)5)11(18)17-12-15-7-8-21-12/h7-10H,6H2,1-5H3,(H,16,19)(H,15,17,18)/t9-,10-/m0/s1. The molecule has 0 saturated carbocycles. The Morgan fingerprint density at radius 2 is 2.10 bits per heavy atom. The Labute approximate surface area is 129 Å². The van der Waals surface area contributed by atoms with E-state index in [1.54, 1.807) is 32.3 Å². The van der Waals surface area contributed by atoms with Crippen molar-refractivity contribution in [1.82, 2.24) is 10.3 Å². The van der Waals surface area contributed by atoms with Crippen molar-refractivity contribution >= 4 is 28.5 Å². The molecule has 0 unspecified atom stereocenters. The number of rotatable bonds is 5. The number of thiazole rings is 1. The van der Waals surface area contributed by atoms with Crippen molar-refractivity contribution in [1.29, 1.82) is 0 Å². The van der Waals surface area contributed by atoms with Crippen molar-refractivity contribution in [3.8, 4) is 0 Å². The predicted octanol–water partition coefficient (Wildman–Crippen LogP) is 3.02. The molecule has 118 valence electrons. The fourth-order valence-electron chi connectivity index (χ4n) is 1.60. The Morgan fingerprint density at radius 1 is 1.43 bits per heavy atom. The van der Waals surface area contributed by atoms with Gasteiger partial charge >= 0.3 is 6.09 Å². The predicted molar refractivity (Wildman–Crippen MR) is 83.4 cm³/mol. The smallest absolute Gasteiger partial charge is 0.408 e. The summed E-state index contributed by atoms with van der Waals surface area (Å²) in [4.78, 5) is 28.2. The van der Waals surface area contributed by atoms with Gasteiger partial charge in [0.15, 0.2) is 5.13 Å². The van der Waals surface area contributed by atoms with Crippen molar-refractivity contribution in [2.24, 2.45) is 5.92 Å². The summed E-state index contributed by atoms with van der Waals surface area (Å²) in [6.07, 6.45) is 1.77. The lowest BCUT2D eigenvalue weighted by Gasteiger charge is -2.25. The molecule has 0 radical (unpaired) electrons. The van der Waals surface area contributed by atoms with Crippen LogP contribution in [0.2, 0.25) is 0 Å². The lowest BCUT2D eigenvalue weighted by molar-refractivity contribution is -0.119. The maximum absolute atomic E-state index is 12.3. The van der Waals surface area contributed by atoms with Crippen LogP contribution in [0.15, 0.2) is 11.6 Å². The van der Waals surface area contributed by atoms with Crippen LogP contribution in [-0.2, 0) is 9.53 Å². The molecule has 0 saturated heterocycles. The topological polar surface area (TPSA) is 80.3 Å². The molecule has 0 aliphatic heterocycles. The number of carbonyl (C=O) groups excluding carboxylic acids is 2. The minimum atomic E-state index is -0.659. The Kier molecular flexibility index (Phi) is 6.14. The monoisotopic (exact) mass is 313 g/mol. The molecular weight excluding hydrogens is 290 g/mol. The molecule has 2 amide bonds. The zero-order valence-corrected chi connectivity index (χ0v) is 13.9. The van der Waals surface area contributed by atoms with Gasteiger partial charge in [-0.1, -0.05) is 20.3 Å². The van der Waals surface area contributed by atoms with Crippen molar-refractivity contribution in [2.45, 2.75) is 52.7 Å². The molecule has 1 aromatic heterocycles. The van der Waals surface area contributed by atoms with Crippen molar-refractivity contribution in [2.75, 3.05) is 5.32 Å². The van der Waals surface area contributed by atoms with E-state index >= 15 is 0 Å². The molecule has 1 rings (SSSR count). The zero-order valence-electron chi connectivity index (χ0n) is 13.1. The van der Waals surface area contributed by atoms with Gasteiger partial charge in [0.05, 0.1) is 0 Å². The minimum absolute atomic E-state index is 0.0162. The van der Waals surface area contributed by atoms with Gasteiger partial charge in [0.2, 0.25) is 5.91 Å². The largest absolute Gasteiger partial charge is 0.444 e. The van der Waals surface area contributed by atoms with Crippen LogP contribution in [0, 0.1) is 5.92 Å². The van der Waals surface area contributed by atoms with Crippen molar-refractivity contribution in [3.63, 3.8) is 0 Å². The molecule has 2 N–H and O–H groups in total. The van der Waals surface area contributed by atoms with E-state index < -0.39 is 17.7 Å². The summed E-state index contributed by atoms with van der Waals surface area (Å²) >= 11 is 1.33. The van der Waals surface area contributed by atoms with Crippen LogP contribution in [0.5, 0.6) is 0 Å². The van der Waals surface area contributed by atoms with Crippen molar-refractivity contribution < 1.29 is 14.3 Å². The molecule has 1 heterocycles. The fourth-order valence-corrected chi connectivity index (χ4v) is 2.14. The number of nitrogens with one attached hydrogen (secondary N) is 2. The molecule has 0 spiro atoms. The number of nitrogens with zero attached hydrogens (tertiary/aromatic N) is 1. The average molecular weight is 313 g/mol. The van der Waals surface area contributed by atoms with Crippen LogP contribution in [0.4, 0.5) is 9.93 Å². The van der Waals surface area contributed by atoms with E-state index in [0.29, 0.717) is 5.13 Å². The van der Waals surface area contributed by atoms with Crippen LogP contribution in [0.25, 0.3) is 0 Å². The summed E-state index contributed by atoms with van der Waals surface area (Å²) in [5.74, 6) is -0.303. The SMILES string of the molecule is CC[C@H](C)[C@H](NC(=O)OC(C)(C)C)C(=O)Nc1nccs1. The van der Waals surface area contributed by atoms with E-state index in [2.05, 4.69) is 15.6 Å². The summed E-state index contributed by atoms with van der Waals surface area (Å²) < 4.78 is 5.21. The lowest BCUT2D eigenvalue weighted by atomic mass is 9.98. The molecular formula is C14H23N3O3S. The van der Waals surface area contributed by atoms with Gasteiger partial charge < -0.3 is 15.4 Å². The summed E-state index contributed by atoms with van der Waals surface area (Å²) in [6.45, 7) is 9.20.